The number of likely N-dealkylation sites (tertiary alicyclic amines) is 1. The highest BCUT2D eigenvalue weighted by Gasteiger charge is 2.28. The average Bonchev–Trinajstić information content (AvgIpc) is 2.52. The Morgan fingerprint density at radius 2 is 2.00 bits per heavy atom. The zero-order valence-electron chi connectivity index (χ0n) is 14.0. The van der Waals surface area contributed by atoms with Crippen molar-refractivity contribution in [2.24, 2.45) is 0 Å². The first-order valence-electron chi connectivity index (χ1n) is 7.97. The van der Waals surface area contributed by atoms with Crippen LogP contribution >= 0.6 is 0 Å². The molecule has 1 unspecified atom stereocenters. The van der Waals surface area contributed by atoms with Crippen molar-refractivity contribution in [1.82, 2.24) is 9.80 Å². The monoisotopic (exact) mass is 344 g/mol. The number of amides is 1. The number of hydrogen-bond acceptors (Lipinski definition) is 3. The van der Waals surface area contributed by atoms with Crippen molar-refractivity contribution in [3.63, 3.8) is 0 Å². The van der Waals surface area contributed by atoms with Crippen LogP contribution in [0.25, 0.3) is 0 Å². The maximum Gasteiger partial charge on any atom is 0.422 e. The molecule has 1 heterocycles. The standard InChI is InChI=1S/C17H23F3N2O2/c1-21-9-3-4-14(11-21)22(2)16(23)10-13-5-7-15(8-6-13)24-12-17(18,19)20/h5-8,14H,3-4,9-12H2,1-2H3. The third-order valence-electron chi connectivity index (χ3n) is 4.22. The van der Waals surface area contributed by atoms with Gasteiger partial charge in [-0.15, -0.1) is 0 Å². The molecule has 24 heavy (non-hydrogen) atoms. The van der Waals surface area contributed by atoms with Gasteiger partial charge in [0.05, 0.1) is 6.42 Å². The molecule has 1 amide bonds. The molecule has 0 saturated carbocycles. The number of hydrogen-bond donors (Lipinski definition) is 0. The molecule has 0 bridgehead atoms. The van der Waals surface area contributed by atoms with Gasteiger partial charge in [0.25, 0.3) is 0 Å². The number of ether oxygens (including phenoxy) is 1. The minimum absolute atomic E-state index is 0.0132. The number of nitrogens with zero attached hydrogens (tertiary/aromatic N) is 2. The SMILES string of the molecule is CN1CCCC(N(C)C(=O)Cc2ccc(OCC(F)(F)F)cc2)C1. The van der Waals surface area contributed by atoms with Crippen LogP contribution < -0.4 is 4.74 Å². The lowest BCUT2D eigenvalue weighted by Crippen LogP contribution is -2.47. The molecule has 134 valence electrons. The average molecular weight is 344 g/mol. The van der Waals surface area contributed by atoms with E-state index in [0.717, 1.165) is 31.5 Å². The van der Waals surface area contributed by atoms with Gasteiger partial charge in [-0.2, -0.15) is 13.2 Å². The van der Waals surface area contributed by atoms with Crippen LogP contribution in [0.5, 0.6) is 5.75 Å². The number of alkyl halides is 3. The maximum absolute atomic E-state index is 12.4. The molecular formula is C17H23F3N2O2. The Kier molecular flexibility index (Phi) is 6.10. The van der Waals surface area contributed by atoms with Gasteiger partial charge in [-0.1, -0.05) is 12.1 Å². The van der Waals surface area contributed by atoms with Gasteiger partial charge in [0.1, 0.15) is 5.75 Å². The molecule has 1 aliphatic rings. The second-order valence-corrected chi connectivity index (χ2v) is 6.29. The molecule has 0 N–H and O–H groups in total. The maximum atomic E-state index is 12.4. The highest BCUT2D eigenvalue weighted by molar-refractivity contribution is 5.78. The summed E-state index contributed by atoms with van der Waals surface area (Å²) in [6.07, 6.45) is -2.05. The summed E-state index contributed by atoms with van der Waals surface area (Å²) >= 11 is 0. The minimum Gasteiger partial charge on any atom is -0.484 e. The van der Waals surface area contributed by atoms with Gasteiger partial charge in [-0.25, -0.2) is 0 Å². The van der Waals surface area contributed by atoms with Crippen LogP contribution in [-0.2, 0) is 11.2 Å². The van der Waals surface area contributed by atoms with Crippen molar-refractivity contribution >= 4 is 5.91 Å². The fourth-order valence-electron chi connectivity index (χ4n) is 2.83. The van der Waals surface area contributed by atoms with Crippen LogP contribution in [0, 0.1) is 0 Å². The zero-order valence-corrected chi connectivity index (χ0v) is 14.0. The molecule has 4 nitrogen and oxygen atoms in total. The van der Waals surface area contributed by atoms with E-state index >= 15 is 0 Å². The number of likely N-dealkylation sites (N-methyl/N-ethyl adjacent to an activating group) is 2. The third kappa shape index (κ3) is 5.70. The number of piperidine rings is 1. The van der Waals surface area contributed by atoms with Gasteiger partial charge in [0.2, 0.25) is 5.91 Å². The number of halogens is 3. The van der Waals surface area contributed by atoms with Crippen LogP contribution in [0.15, 0.2) is 24.3 Å². The Hall–Kier alpha value is -1.76. The van der Waals surface area contributed by atoms with Crippen molar-refractivity contribution in [2.75, 3.05) is 33.8 Å². The summed E-state index contributed by atoms with van der Waals surface area (Å²) in [5.74, 6) is 0.157. The van der Waals surface area contributed by atoms with E-state index in [1.807, 2.05) is 14.1 Å². The van der Waals surface area contributed by atoms with E-state index in [0.29, 0.717) is 0 Å². The topological polar surface area (TPSA) is 32.8 Å². The molecule has 1 saturated heterocycles. The number of rotatable bonds is 5. The molecular weight excluding hydrogens is 321 g/mol. The highest BCUT2D eigenvalue weighted by Crippen LogP contribution is 2.20. The van der Waals surface area contributed by atoms with Crippen LogP contribution in [0.4, 0.5) is 13.2 Å². The molecule has 0 radical (unpaired) electrons. The minimum atomic E-state index is -4.36. The fourth-order valence-corrected chi connectivity index (χ4v) is 2.83. The largest absolute Gasteiger partial charge is 0.484 e. The zero-order chi connectivity index (χ0) is 17.7. The summed E-state index contributed by atoms with van der Waals surface area (Å²) < 4.78 is 41.0. The van der Waals surface area contributed by atoms with E-state index < -0.39 is 12.8 Å². The first-order chi connectivity index (χ1) is 11.2. The predicted octanol–water partition coefficient (Wildman–Crippen LogP) is 2.72. The Morgan fingerprint density at radius 1 is 1.33 bits per heavy atom. The third-order valence-corrected chi connectivity index (χ3v) is 4.22. The van der Waals surface area contributed by atoms with E-state index in [-0.39, 0.29) is 24.1 Å². The van der Waals surface area contributed by atoms with Crippen LogP contribution in [-0.4, -0.2) is 61.7 Å². The fraction of sp³-hybridized carbons (Fsp3) is 0.588. The molecule has 0 aliphatic carbocycles. The van der Waals surface area contributed by atoms with Crippen molar-refractivity contribution in [1.29, 1.82) is 0 Å². The number of benzene rings is 1. The van der Waals surface area contributed by atoms with E-state index in [9.17, 15) is 18.0 Å². The lowest BCUT2D eigenvalue weighted by molar-refractivity contribution is -0.153. The first-order valence-corrected chi connectivity index (χ1v) is 7.97. The summed E-state index contributed by atoms with van der Waals surface area (Å²) in [4.78, 5) is 16.4. The van der Waals surface area contributed by atoms with E-state index in [1.54, 1.807) is 17.0 Å². The van der Waals surface area contributed by atoms with Crippen molar-refractivity contribution in [2.45, 2.75) is 31.5 Å². The van der Waals surface area contributed by atoms with Gasteiger partial charge in [-0.05, 0) is 44.1 Å². The lowest BCUT2D eigenvalue weighted by atomic mass is 10.0. The summed E-state index contributed by atoms with van der Waals surface area (Å²) in [5, 5.41) is 0. The smallest absolute Gasteiger partial charge is 0.422 e. The molecule has 1 aromatic rings. The van der Waals surface area contributed by atoms with E-state index in [2.05, 4.69) is 9.64 Å². The lowest BCUT2D eigenvalue weighted by Gasteiger charge is -2.36. The van der Waals surface area contributed by atoms with Crippen LogP contribution in [0.2, 0.25) is 0 Å². The predicted molar refractivity (Wildman–Crippen MR) is 85.0 cm³/mol. The van der Waals surface area contributed by atoms with Crippen molar-refractivity contribution in [3.05, 3.63) is 29.8 Å². The van der Waals surface area contributed by atoms with Gasteiger partial charge in [0, 0.05) is 19.6 Å². The van der Waals surface area contributed by atoms with Crippen molar-refractivity contribution in [3.8, 4) is 5.75 Å². The second-order valence-electron chi connectivity index (χ2n) is 6.29. The van der Waals surface area contributed by atoms with Crippen LogP contribution in [0.1, 0.15) is 18.4 Å². The Labute approximate surface area is 140 Å². The summed E-state index contributed by atoms with van der Waals surface area (Å²) in [5.41, 5.74) is 0.760. The number of carbonyl (C=O) groups excluding carboxylic acids is 1. The van der Waals surface area contributed by atoms with Crippen LogP contribution in [0.3, 0.4) is 0 Å². The molecule has 1 atom stereocenters. The van der Waals surface area contributed by atoms with Gasteiger partial charge < -0.3 is 14.5 Å². The summed E-state index contributed by atoms with van der Waals surface area (Å²) in [6, 6.07) is 6.39. The molecule has 7 heteroatoms. The highest BCUT2D eigenvalue weighted by atomic mass is 19.4. The van der Waals surface area contributed by atoms with Crippen molar-refractivity contribution < 1.29 is 22.7 Å². The quantitative estimate of drug-likeness (QED) is 0.823. The molecule has 1 aromatic carbocycles. The van der Waals surface area contributed by atoms with E-state index in [4.69, 9.17) is 0 Å². The van der Waals surface area contributed by atoms with Gasteiger partial charge in [0.15, 0.2) is 6.61 Å². The summed E-state index contributed by atoms with van der Waals surface area (Å²) in [7, 11) is 3.86. The number of carbonyl (C=O) groups is 1. The Balaban J connectivity index is 1.87. The molecule has 1 aliphatic heterocycles. The normalized spacial score (nSPS) is 19.1. The summed E-state index contributed by atoms with van der Waals surface area (Å²) in [6.45, 7) is 0.605. The second kappa shape index (κ2) is 7.88. The Morgan fingerprint density at radius 3 is 2.58 bits per heavy atom. The van der Waals surface area contributed by atoms with Gasteiger partial charge >= 0.3 is 6.18 Å². The molecule has 2 rings (SSSR count). The van der Waals surface area contributed by atoms with Gasteiger partial charge in [-0.3, -0.25) is 4.79 Å². The molecule has 1 fully saturated rings. The first kappa shape index (κ1) is 18.6. The molecule has 0 aromatic heterocycles. The van der Waals surface area contributed by atoms with E-state index in [1.165, 1.54) is 12.1 Å². The Bertz CT molecular complexity index is 546. The molecule has 0 spiro atoms.